The van der Waals surface area contributed by atoms with Crippen LogP contribution in [0.3, 0.4) is 0 Å². The van der Waals surface area contributed by atoms with E-state index in [1.807, 2.05) is 49.4 Å². The van der Waals surface area contributed by atoms with Crippen molar-refractivity contribution in [1.29, 1.82) is 5.41 Å². The molecule has 3 heteroatoms. The molecule has 0 atom stereocenters. The molecule has 1 N–H and O–H groups in total. The van der Waals surface area contributed by atoms with Crippen molar-refractivity contribution in [3.05, 3.63) is 64.8 Å². The Hall–Kier alpha value is -2.19. The maximum absolute atomic E-state index is 8.46. The smallest absolute Gasteiger partial charge is 0.0718 e. The van der Waals surface area contributed by atoms with E-state index in [9.17, 15) is 0 Å². The van der Waals surface area contributed by atoms with Gasteiger partial charge in [-0.3, -0.25) is 4.98 Å². The average Bonchev–Trinajstić information content (AvgIpc) is 2.53. The van der Waals surface area contributed by atoms with Gasteiger partial charge >= 0.3 is 0 Å². The van der Waals surface area contributed by atoms with E-state index < -0.39 is 0 Å². The van der Waals surface area contributed by atoms with E-state index in [0.29, 0.717) is 10.7 Å². The highest BCUT2D eigenvalue weighted by atomic mass is 35.5. The van der Waals surface area contributed by atoms with E-state index in [-0.39, 0.29) is 0 Å². The highest BCUT2D eigenvalue weighted by molar-refractivity contribution is 6.31. The van der Waals surface area contributed by atoms with Crippen LogP contribution >= 0.6 is 11.6 Å². The summed E-state index contributed by atoms with van der Waals surface area (Å²) in [6, 6.07) is 16.0. The van der Waals surface area contributed by atoms with E-state index in [2.05, 4.69) is 18.0 Å². The monoisotopic (exact) mass is 322 g/mol. The number of hydrogen-bond acceptors (Lipinski definition) is 2. The Balaban J connectivity index is 2.33. The van der Waals surface area contributed by atoms with Crippen LogP contribution in [-0.4, -0.2) is 10.7 Å². The highest BCUT2D eigenvalue weighted by Gasteiger charge is 2.13. The fraction of sp³-hybridized carbons (Fsp3) is 0.200. The van der Waals surface area contributed by atoms with Crippen molar-refractivity contribution in [1.82, 2.24) is 4.98 Å². The van der Waals surface area contributed by atoms with Gasteiger partial charge in [0.2, 0.25) is 0 Å². The second-order valence-electron chi connectivity index (χ2n) is 5.75. The van der Waals surface area contributed by atoms with Gasteiger partial charge in [0.25, 0.3) is 0 Å². The van der Waals surface area contributed by atoms with E-state index in [1.165, 1.54) is 0 Å². The number of pyridine rings is 1. The van der Waals surface area contributed by atoms with Gasteiger partial charge in [-0.25, -0.2) is 0 Å². The SMILES string of the molecule is CCCC(=N)c1cc(C)nc2cccc(-c3cccc(Cl)c3)c12. The van der Waals surface area contributed by atoms with Crippen molar-refractivity contribution in [2.75, 3.05) is 0 Å². The number of benzene rings is 2. The maximum Gasteiger partial charge on any atom is 0.0718 e. The van der Waals surface area contributed by atoms with E-state index >= 15 is 0 Å². The first-order chi connectivity index (χ1) is 11.1. The lowest BCUT2D eigenvalue weighted by Gasteiger charge is -2.13. The summed E-state index contributed by atoms with van der Waals surface area (Å²) in [7, 11) is 0. The number of aromatic nitrogens is 1. The Morgan fingerprint density at radius 1 is 1.13 bits per heavy atom. The molecule has 0 saturated carbocycles. The minimum absolute atomic E-state index is 0.664. The molecule has 0 aliphatic rings. The van der Waals surface area contributed by atoms with E-state index in [1.54, 1.807) is 0 Å². The van der Waals surface area contributed by atoms with Crippen LogP contribution in [-0.2, 0) is 0 Å². The quantitative estimate of drug-likeness (QED) is 0.585. The van der Waals surface area contributed by atoms with Gasteiger partial charge in [0.15, 0.2) is 0 Å². The third-order valence-electron chi connectivity index (χ3n) is 3.92. The predicted molar refractivity (Wildman–Crippen MR) is 98.7 cm³/mol. The Kier molecular flexibility index (Phi) is 4.44. The van der Waals surface area contributed by atoms with Crippen LogP contribution in [0.4, 0.5) is 0 Å². The molecule has 0 aliphatic heterocycles. The molecule has 23 heavy (non-hydrogen) atoms. The fourth-order valence-electron chi connectivity index (χ4n) is 2.94. The molecular weight excluding hydrogens is 304 g/mol. The van der Waals surface area contributed by atoms with E-state index in [0.717, 1.165) is 46.1 Å². The Morgan fingerprint density at radius 3 is 2.65 bits per heavy atom. The summed E-state index contributed by atoms with van der Waals surface area (Å²) in [6.07, 6.45) is 1.73. The van der Waals surface area contributed by atoms with Gasteiger partial charge in [-0.05, 0) is 48.7 Å². The Morgan fingerprint density at radius 2 is 1.91 bits per heavy atom. The topological polar surface area (TPSA) is 36.7 Å². The lowest BCUT2D eigenvalue weighted by Crippen LogP contribution is -2.03. The van der Waals surface area contributed by atoms with Gasteiger partial charge in [-0.15, -0.1) is 0 Å². The molecule has 116 valence electrons. The molecule has 0 spiro atoms. The number of nitrogens with zero attached hydrogens (tertiary/aromatic N) is 1. The van der Waals surface area contributed by atoms with E-state index in [4.69, 9.17) is 17.0 Å². The molecule has 3 aromatic rings. The summed E-state index contributed by atoms with van der Waals surface area (Å²) in [6.45, 7) is 4.08. The fourth-order valence-corrected chi connectivity index (χ4v) is 3.13. The number of nitrogens with one attached hydrogen (secondary N) is 1. The molecule has 0 saturated heterocycles. The van der Waals surface area contributed by atoms with Crippen molar-refractivity contribution in [3.8, 4) is 11.1 Å². The van der Waals surface area contributed by atoms with Crippen LogP contribution in [0.15, 0.2) is 48.5 Å². The molecule has 2 aromatic carbocycles. The normalized spacial score (nSPS) is 10.9. The van der Waals surface area contributed by atoms with Crippen LogP contribution < -0.4 is 0 Å². The standard InChI is InChI=1S/C20H19ClN2/c1-3-6-18(22)17-11-13(2)23-19-10-5-9-16(20(17)19)14-7-4-8-15(21)12-14/h4-5,7-12,22H,3,6H2,1-2H3. The first-order valence-corrected chi connectivity index (χ1v) is 8.22. The Labute approximate surface area is 141 Å². The largest absolute Gasteiger partial charge is 0.305 e. The molecule has 0 bridgehead atoms. The van der Waals surface area contributed by atoms with Crippen molar-refractivity contribution in [2.45, 2.75) is 26.7 Å². The van der Waals surface area contributed by atoms with Crippen molar-refractivity contribution in [3.63, 3.8) is 0 Å². The van der Waals surface area contributed by atoms with Gasteiger partial charge in [0.1, 0.15) is 0 Å². The van der Waals surface area contributed by atoms with Crippen LogP contribution in [0.25, 0.3) is 22.0 Å². The number of fused-ring (bicyclic) bond motifs is 1. The van der Waals surface area contributed by atoms with Crippen molar-refractivity contribution >= 4 is 28.2 Å². The summed E-state index contributed by atoms with van der Waals surface area (Å²) in [5, 5.41) is 10.2. The lowest BCUT2D eigenvalue weighted by atomic mass is 9.93. The van der Waals surface area contributed by atoms with Crippen LogP contribution in [0.5, 0.6) is 0 Å². The zero-order valence-corrected chi connectivity index (χ0v) is 14.1. The summed E-state index contributed by atoms with van der Waals surface area (Å²) in [5.74, 6) is 0. The molecule has 0 amide bonds. The molecule has 0 unspecified atom stereocenters. The first-order valence-electron chi connectivity index (χ1n) is 7.84. The molecule has 0 radical (unpaired) electrons. The molecule has 0 aliphatic carbocycles. The zero-order valence-electron chi connectivity index (χ0n) is 13.4. The molecule has 1 heterocycles. The Bertz CT molecular complexity index is 884. The zero-order chi connectivity index (χ0) is 16.4. The third-order valence-corrected chi connectivity index (χ3v) is 4.16. The van der Waals surface area contributed by atoms with Crippen LogP contribution in [0.1, 0.15) is 31.0 Å². The minimum atomic E-state index is 0.664. The second kappa shape index (κ2) is 6.51. The summed E-state index contributed by atoms with van der Waals surface area (Å²) >= 11 is 6.17. The van der Waals surface area contributed by atoms with Crippen molar-refractivity contribution in [2.24, 2.45) is 0 Å². The summed E-state index contributed by atoms with van der Waals surface area (Å²) in [4.78, 5) is 4.66. The number of hydrogen-bond donors (Lipinski definition) is 1. The number of rotatable bonds is 4. The molecule has 0 fully saturated rings. The lowest BCUT2D eigenvalue weighted by molar-refractivity contribution is 0.986. The van der Waals surface area contributed by atoms with Gasteiger partial charge in [0.05, 0.1) is 5.52 Å². The third kappa shape index (κ3) is 3.13. The van der Waals surface area contributed by atoms with Gasteiger partial charge < -0.3 is 5.41 Å². The average molecular weight is 323 g/mol. The van der Waals surface area contributed by atoms with Crippen LogP contribution in [0, 0.1) is 12.3 Å². The molecular formula is C20H19ClN2. The maximum atomic E-state index is 8.46. The van der Waals surface area contributed by atoms with Gasteiger partial charge in [-0.1, -0.05) is 49.2 Å². The summed E-state index contributed by atoms with van der Waals surface area (Å²) in [5.41, 5.74) is 5.64. The first kappa shape index (κ1) is 15.7. The molecule has 3 rings (SSSR count). The second-order valence-corrected chi connectivity index (χ2v) is 6.19. The minimum Gasteiger partial charge on any atom is -0.305 e. The summed E-state index contributed by atoms with van der Waals surface area (Å²) < 4.78 is 0. The number of aryl methyl sites for hydroxylation is 1. The predicted octanol–water partition coefficient (Wildman–Crippen LogP) is 6.03. The van der Waals surface area contributed by atoms with Crippen LogP contribution in [0.2, 0.25) is 5.02 Å². The number of halogens is 1. The van der Waals surface area contributed by atoms with Gasteiger partial charge in [-0.2, -0.15) is 0 Å². The van der Waals surface area contributed by atoms with Crippen molar-refractivity contribution < 1.29 is 0 Å². The molecule has 1 aromatic heterocycles. The molecule has 2 nitrogen and oxygen atoms in total. The van der Waals surface area contributed by atoms with Gasteiger partial charge in [0, 0.05) is 27.4 Å². The highest BCUT2D eigenvalue weighted by Crippen LogP contribution is 2.32.